The van der Waals surface area contributed by atoms with Crippen molar-refractivity contribution in [3.05, 3.63) is 47.2 Å². The molecule has 164 valence electrons. The van der Waals surface area contributed by atoms with Crippen LogP contribution in [0.5, 0.6) is 0 Å². The van der Waals surface area contributed by atoms with Gasteiger partial charge >= 0.3 is 10.2 Å². The number of halogens is 2. The number of rotatable bonds is 10. The third-order valence-electron chi connectivity index (χ3n) is 4.48. The number of aliphatic hydroxyl groups excluding tert-OH is 2. The number of nitrogens with one attached hydrogen (secondary N) is 1. The van der Waals surface area contributed by atoms with Gasteiger partial charge in [-0.1, -0.05) is 23.9 Å². The molecule has 0 aliphatic carbocycles. The number of aromatic nitrogens is 2. The summed E-state index contributed by atoms with van der Waals surface area (Å²) in [6.45, 7) is 0.451. The number of hydrogen-bond donors (Lipinski definition) is 3. The number of thioether (sulfide) groups is 1. The van der Waals surface area contributed by atoms with Gasteiger partial charge in [-0.25, -0.2) is 18.7 Å². The first-order valence-electron chi connectivity index (χ1n) is 9.29. The van der Waals surface area contributed by atoms with E-state index >= 15 is 0 Å². The molecular weight excluding hydrogens is 438 g/mol. The van der Waals surface area contributed by atoms with Crippen molar-refractivity contribution < 1.29 is 27.4 Å². The minimum atomic E-state index is -3.74. The van der Waals surface area contributed by atoms with Crippen LogP contribution in [0.15, 0.2) is 29.4 Å². The molecule has 1 aliphatic heterocycles. The first-order valence-corrected chi connectivity index (χ1v) is 11.7. The van der Waals surface area contributed by atoms with Crippen molar-refractivity contribution >= 4 is 27.8 Å². The summed E-state index contributed by atoms with van der Waals surface area (Å²) >= 11 is 1.03. The molecular formula is C18H22F2N4O4S2. The van der Waals surface area contributed by atoms with Crippen LogP contribution in [-0.4, -0.2) is 58.7 Å². The van der Waals surface area contributed by atoms with Crippen molar-refractivity contribution in [1.82, 2.24) is 14.3 Å². The van der Waals surface area contributed by atoms with Gasteiger partial charge in [0.15, 0.2) is 16.8 Å². The van der Waals surface area contributed by atoms with Crippen molar-refractivity contribution in [3.63, 3.8) is 0 Å². The van der Waals surface area contributed by atoms with Crippen molar-refractivity contribution in [2.75, 3.05) is 24.4 Å². The summed E-state index contributed by atoms with van der Waals surface area (Å²) in [5.74, 6) is -1.81. The Hall–Kier alpha value is -1.86. The van der Waals surface area contributed by atoms with Crippen molar-refractivity contribution in [1.29, 1.82) is 0 Å². The highest BCUT2D eigenvalue weighted by molar-refractivity contribution is 7.98. The van der Waals surface area contributed by atoms with Gasteiger partial charge in [-0.05, 0) is 25.3 Å². The molecule has 12 heteroatoms. The fourth-order valence-electron chi connectivity index (χ4n) is 2.65. The zero-order valence-electron chi connectivity index (χ0n) is 16.0. The first kappa shape index (κ1) is 22.8. The lowest BCUT2D eigenvalue weighted by molar-refractivity contribution is 0.0883. The SMILES string of the molecule is O=S(=O)(Nc1cc(CC[C@H](O)CO)nc(SCc2cccc(F)c2F)n1)N1CCC1. The topological polar surface area (TPSA) is 116 Å². The summed E-state index contributed by atoms with van der Waals surface area (Å²) in [5.41, 5.74) is 0.577. The highest BCUT2D eigenvalue weighted by Gasteiger charge is 2.28. The smallest absolute Gasteiger partial charge is 0.302 e. The number of nitrogens with zero attached hydrogens (tertiary/aromatic N) is 3. The molecule has 1 aliphatic rings. The summed E-state index contributed by atoms with van der Waals surface area (Å²) in [7, 11) is -3.74. The molecule has 0 amide bonds. The molecule has 1 atom stereocenters. The van der Waals surface area contributed by atoms with Crippen molar-refractivity contribution in [2.24, 2.45) is 0 Å². The van der Waals surface area contributed by atoms with Crippen LogP contribution in [-0.2, 0) is 22.4 Å². The number of aliphatic hydroxyl groups is 2. The van der Waals surface area contributed by atoms with E-state index < -0.39 is 34.6 Å². The summed E-state index contributed by atoms with van der Waals surface area (Å²) in [6, 6.07) is 5.32. The van der Waals surface area contributed by atoms with E-state index in [0.29, 0.717) is 18.8 Å². The van der Waals surface area contributed by atoms with Gasteiger partial charge in [-0.15, -0.1) is 0 Å². The van der Waals surface area contributed by atoms with Gasteiger partial charge in [0.05, 0.1) is 12.7 Å². The molecule has 0 radical (unpaired) electrons. The maximum absolute atomic E-state index is 13.9. The predicted octanol–water partition coefficient (Wildman–Crippen LogP) is 1.70. The lowest BCUT2D eigenvalue weighted by Crippen LogP contribution is -2.45. The Bertz CT molecular complexity index is 990. The summed E-state index contributed by atoms with van der Waals surface area (Å²) in [6.07, 6.45) is 0.340. The second-order valence-corrected chi connectivity index (χ2v) is 9.38. The largest absolute Gasteiger partial charge is 0.394 e. The van der Waals surface area contributed by atoms with Gasteiger partial charge in [-0.2, -0.15) is 12.7 Å². The molecule has 30 heavy (non-hydrogen) atoms. The standard InChI is InChI=1S/C18H22F2N4O4S2/c19-15-4-1-3-12(17(15)20)11-29-18-21-13(5-6-14(26)10-25)9-16(22-18)23-30(27,28)24-7-2-8-24/h1,3-4,9,14,25-26H,2,5-8,10-11H2,(H,21,22,23)/t14-/m0/s1. The minimum absolute atomic E-state index is 0.0463. The van der Waals surface area contributed by atoms with Crippen LogP contribution in [0.2, 0.25) is 0 Å². The number of hydrogen-bond acceptors (Lipinski definition) is 7. The lowest BCUT2D eigenvalue weighted by atomic mass is 10.1. The predicted molar refractivity (Wildman–Crippen MR) is 108 cm³/mol. The maximum Gasteiger partial charge on any atom is 0.302 e. The molecule has 0 bridgehead atoms. The third-order valence-corrected chi connectivity index (χ3v) is 6.89. The van der Waals surface area contributed by atoms with E-state index in [4.69, 9.17) is 5.11 Å². The number of anilines is 1. The quantitative estimate of drug-likeness (QED) is 0.365. The summed E-state index contributed by atoms with van der Waals surface area (Å²) < 4.78 is 55.7. The maximum atomic E-state index is 13.9. The van der Waals surface area contributed by atoms with Crippen LogP contribution in [0.3, 0.4) is 0 Å². The normalized spacial score (nSPS) is 15.6. The molecule has 0 unspecified atom stereocenters. The van der Waals surface area contributed by atoms with Gasteiger partial charge in [-0.3, -0.25) is 4.72 Å². The van der Waals surface area contributed by atoms with Gasteiger partial charge in [0.1, 0.15) is 5.82 Å². The second-order valence-electron chi connectivity index (χ2n) is 6.76. The van der Waals surface area contributed by atoms with Gasteiger partial charge in [0.2, 0.25) is 0 Å². The van der Waals surface area contributed by atoms with E-state index in [2.05, 4.69) is 14.7 Å². The molecule has 3 N–H and O–H groups in total. The Morgan fingerprint density at radius 2 is 2.03 bits per heavy atom. The Morgan fingerprint density at radius 3 is 2.70 bits per heavy atom. The molecule has 2 aromatic rings. The average molecular weight is 461 g/mol. The number of benzene rings is 1. The molecule has 3 rings (SSSR count). The minimum Gasteiger partial charge on any atom is -0.394 e. The Morgan fingerprint density at radius 1 is 1.27 bits per heavy atom. The van der Waals surface area contributed by atoms with Crippen LogP contribution in [0, 0.1) is 11.6 Å². The van der Waals surface area contributed by atoms with E-state index in [1.807, 2.05) is 0 Å². The average Bonchev–Trinajstić information content (AvgIpc) is 2.65. The van der Waals surface area contributed by atoms with E-state index in [0.717, 1.165) is 24.2 Å². The van der Waals surface area contributed by atoms with Gasteiger partial charge in [0, 0.05) is 36.2 Å². The van der Waals surface area contributed by atoms with Crippen molar-refractivity contribution in [3.8, 4) is 0 Å². The fraction of sp³-hybridized carbons (Fsp3) is 0.444. The van der Waals surface area contributed by atoms with Crippen molar-refractivity contribution in [2.45, 2.75) is 36.3 Å². The number of aryl methyl sites for hydroxylation is 1. The van der Waals surface area contributed by atoms with Crippen LogP contribution in [0.25, 0.3) is 0 Å². The molecule has 1 aromatic heterocycles. The Labute approximate surface area is 177 Å². The van der Waals surface area contributed by atoms with Crippen LogP contribution in [0.1, 0.15) is 24.1 Å². The van der Waals surface area contributed by atoms with Crippen LogP contribution in [0.4, 0.5) is 14.6 Å². The third kappa shape index (κ3) is 5.85. The Balaban J connectivity index is 1.80. The summed E-state index contributed by atoms with van der Waals surface area (Å²) in [5, 5.41) is 18.7. The monoisotopic (exact) mass is 460 g/mol. The molecule has 2 heterocycles. The van der Waals surface area contributed by atoms with Gasteiger partial charge in [0.25, 0.3) is 0 Å². The lowest BCUT2D eigenvalue weighted by Gasteiger charge is -2.29. The van der Waals surface area contributed by atoms with E-state index in [1.54, 1.807) is 0 Å². The molecule has 1 fully saturated rings. The second kappa shape index (κ2) is 9.96. The molecule has 1 aromatic carbocycles. The zero-order valence-corrected chi connectivity index (χ0v) is 17.6. The molecule has 0 saturated carbocycles. The molecule has 8 nitrogen and oxygen atoms in total. The van der Waals surface area contributed by atoms with E-state index in [1.165, 1.54) is 22.5 Å². The molecule has 1 saturated heterocycles. The van der Waals surface area contributed by atoms with Gasteiger partial charge < -0.3 is 10.2 Å². The van der Waals surface area contributed by atoms with Crippen LogP contribution < -0.4 is 4.72 Å². The highest BCUT2D eigenvalue weighted by atomic mass is 32.2. The molecule has 0 spiro atoms. The van der Waals surface area contributed by atoms with Crippen LogP contribution >= 0.6 is 11.8 Å². The summed E-state index contributed by atoms with van der Waals surface area (Å²) in [4.78, 5) is 8.49. The van der Waals surface area contributed by atoms with E-state index in [9.17, 15) is 22.3 Å². The highest BCUT2D eigenvalue weighted by Crippen LogP contribution is 2.25. The zero-order chi connectivity index (χ0) is 21.7. The Kier molecular flexibility index (Phi) is 7.58. The fourth-order valence-corrected chi connectivity index (χ4v) is 4.74. The van der Waals surface area contributed by atoms with E-state index in [-0.39, 0.29) is 35.1 Å². The first-order chi connectivity index (χ1) is 14.3.